The summed E-state index contributed by atoms with van der Waals surface area (Å²) < 4.78 is 22.6. The summed E-state index contributed by atoms with van der Waals surface area (Å²) in [6.07, 6.45) is 0.191. The van der Waals surface area contributed by atoms with Gasteiger partial charge in [-0.25, -0.2) is 0 Å². The Morgan fingerprint density at radius 3 is 1.68 bits per heavy atom. The zero-order valence-electron chi connectivity index (χ0n) is 25.7. The van der Waals surface area contributed by atoms with Gasteiger partial charge >= 0.3 is 11.9 Å². The maximum atomic E-state index is 12.0. The molecule has 8 nitrogen and oxygen atoms in total. The number of benzene rings is 2. The third-order valence-corrected chi connectivity index (χ3v) is 6.99. The maximum absolute atomic E-state index is 12.0. The van der Waals surface area contributed by atoms with Crippen LogP contribution in [0.4, 0.5) is 0 Å². The van der Waals surface area contributed by atoms with Crippen molar-refractivity contribution in [3.8, 4) is 11.5 Å². The Balaban J connectivity index is 1.85. The van der Waals surface area contributed by atoms with Gasteiger partial charge in [0.15, 0.2) is 0 Å². The smallest absolute Gasteiger partial charge is 0.307 e. The van der Waals surface area contributed by atoms with Crippen molar-refractivity contribution in [1.29, 1.82) is 0 Å². The molecule has 0 aliphatic carbocycles. The molecule has 2 rings (SSSR count). The van der Waals surface area contributed by atoms with Gasteiger partial charge in [0.1, 0.15) is 24.2 Å². The summed E-state index contributed by atoms with van der Waals surface area (Å²) in [5, 5.41) is 0. The Kier molecular flexibility index (Phi) is 14.4. The number of esters is 2. The minimum Gasteiger partial charge on any atom is -0.493 e. The van der Waals surface area contributed by atoms with Gasteiger partial charge < -0.3 is 28.7 Å². The standard InChI is InChI=1S/C32H47ClN2O6/c1-24(22-40-30(36)16-18-34(4)5)21-38-27-12-8-25(9-13-27)32(2,3)26-10-14-28(15-11-26)39-23-29(20-33)41-31(37)17-19-35(6)7/h8-15,24,29H,16-23H2,1-7H3. The SMILES string of the molecule is CC(COC(=O)CCN(C)C)COc1ccc(C(C)(C)c2ccc(OCC(CCl)OC(=O)CCN(C)C)cc2)cc1. The number of carbonyl (C=O) groups is 2. The van der Waals surface area contributed by atoms with Crippen molar-refractivity contribution in [3.63, 3.8) is 0 Å². The molecule has 0 spiro atoms. The second-order valence-corrected chi connectivity index (χ2v) is 11.8. The molecule has 0 aliphatic rings. The van der Waals surface area contributed by atoms with E-state index in [0.717, 1.165) is 16.9 Å². The van der Waals surface area contributed by atoms with Crippen molar-refractivity contribution in [2.75, 3.05) is 67.0 Å². The van der Waals surface area contributed by atoms with E-state index in [1.807, 2.05) is 81.3 Å². The van der Waals surface area contributed by atoms with Crippen LogP contribution in [0.25, 0.3) is 0 Å². The summed E-state index contributed by atoms with van der Waals surface area (Å²) in [7, 11) is 7.67. The molecular formula is C32H47ClN2O6. The minimum atomic E-state index is -0.505. The van der Waals surface area contributed by atoms with Crippen molar-refractivity contribution in [2.24, 2.45) is 5.92 Å². The molecule has 0 aliphatic heterocycles. The number of hydrogen-bond acceptors (Lipinski definition) is 8. The number of rotatable bonds is 18. The molecule has 0 amide bonds. The summed E-state index contributed by atoms with van der Waals surface area (Å²) in [4.78, 5) is 27.7. The summed E-state index contributed by atoms with van der Waals surface area (Å²) in [5.41, 5.74) is 2.03. The highest BCUT2D eigenvalue weighted by atomic mass is 35.5. The second kappa shape index (κ2) is 17.2. The van der Waals surface area contributed by atoms with Crippen LogP contribution in [0.15, 0.2) is 48.5 Å². The van der Waals surface area contributed by atoms with Crippen molar-refractivity contribution in [1.82, 2.24) is 9.80 Å². The molecule has 2 unspecified atom stereocenters. The first kappa shape index (κ1) is 34.4. The van der Waals surface area contributed by atoms with Crippen LogP contribution in [-0.4, -0.2) is 94.8 Å². The van der Waals surface area contributed by atoms with Crippen LogP contribution >= 0.6 is 11.6 Å². The molecule has 0 saturated heterocycles. The third kappa shape index (κ3) is 12.7. The van der Waals surface area contributed by atoms with Crippen LogP contribution < -0.4 is 9.47 Å². The first-order valence-electron chi connectivity index (χ1n) is 14.1. The quantitative estimate of drug-likeness (QED) is 0.177. The zero-order chi connectivity index (χ0) is 30.4. The zero-order valence-corrected chi connectivity index (χ0v) is 26.4. The predicted molar refractivity (Wildman–Crippen MR) is 163 cm³/mol. The van der Waals surface area contributed by atoms with Crippen molar-refractivity contribution >= 4 is 23.5 Å². The molecule has 2 atom stereocenters. The molecule has 0 heterocycles. The minimum absolute atomic E-state index is 0.0880. The monoisotopic (exact) mass is 590 g/mol. The Labute approximate surface area is 250 Å². The van der Waals surface area contributed by atoms with Crippen LogP contribution in [0.1, 0.15) is 44.7 Å². The number of ether oxygens (including phenoxy) is 4. The molecule has 0 aromatic heterocycles. The molecule has 0 fully saturated rings. The van der Waals surface area contributed by atoms with E-state index in [0.29, 0.717) is 44.9 Å². The first-order chi connectivity index (χ1) is 19.4. The lowest BCUT2D eigenvalue weighted by atomic mass is 9.78. The topological polar surface area (TPSA) is 77.5 Å². The molecule has 41 heavy (non-hydrogen) atoms. The van der Waals surface area contributed by atoms with E-state index in [1.54, 1.807) is 0 Å². The number of alkyl halides is 1. The molecule has 9 heteroatoms. The lowest BCUT2D eigenvalue weighted by molar-refractivity contribution is -0.149. The van der Waals surface area contributed by atoms with Crippen LogP contribution in [0.2, 0.25) is 0 Å². The van der Waals surface area contributed by atoms with Crippen LogP contribution in [0.5, 0.6) is 11.5 Å². The van der Waals surface area contributed by atoms with E-state index in [9.17, 15) is 9.59 Å². The van der Waals surface area contributed by atoms with Gasteiger partial charge in [0.2, 0.25) is 0 Å². The number of hydrogen-bond donors (Lipinski definition) is 0. The van der Waals surface area contributed by atoms with E-state index >= 15 is 0 Å². The van der Waals surface area contributed by atoms with Crippen molar-refractivity contribution in [3.05, 3.63) is 59.7 Å². The highest BCUT2D eigenvalue weighted by Gasteiger charge is 2.23. The van der Waals surface area contributed by atoms with E-state index in [2.05, 4.69) is 26.0 Å². The lowest BCUT2D eigenvalue weighted by Crippen LogP contribution is -2.28. The van der Waals surface area contributed by atoms with Gasteiger partial charge in [-0.15, -0.1) is 11.6 Å². The molecule has 0 N–H and O–H groups in total. The van der Waals surface area contributed by atoms with Gasteiger partial charge in [0.25, 0.3) is 0 Å². The van der Waals surface area contributed by atoms with E-state index in [1.165, 1.54) is 0 Å². The number of halogens is 1. The first-order valence-corrected chi connectivity index (χ1v) is 14.6. The average molecular weight is 591 g/mol. The van der Waals surface area contributed by atoms with E-state index < -0.39 is 6.10 Å². The van der Waals surface area contributed by atoms with Gasteiger partial charge in [-0.3, -0.25) is 9.59 Å². The summed E-state index contributed by atoms with van der Waals surface area (Å²) in [5.74, 6) is 1.24. The fourth-order valence-corrected chi connectivity index (χ4v) is 4.02. The maximum Gasteiger partial charge on any atom is 0.307 e. The Hall–Kier alpha value is -2.81. The molecule has 0 saturated carbocycles. The van der Waals surface area contributed by atoms with Crippen LogP contribution in [-0.2, 0) is 24.5 Å². The van der Waals surface area contributed by atoms with Crippen molar-refractivity contribution in [2.45, 2.75) is 45.1 Å². The number of nitrogens with zero attached hydrogens (tertiary/aromatic N) is 2. The van der Waals surface area contributed by atoms with Gasteiger partial charge in [-0.2, -0.15) is 0 Å². The van der Waals surface area contributed by atoms with Gasteiger partial charge in [-0.05, 0) is 63.6 Å². The molecule has 2 aromatic rings. The van der Waals surface area contributed by atoms with E-state index in [4.69, 9.17) is 30.5 Å². The summed E-state index contributed by atoms with van der Waals surface area (Å²) in [6, 6.07) is 16.0. The highest BCUT2D eigenvalue weighted by molar-refractivity contribution is 6.18. The van der Waals surface area contributed by atoms with Gasteiger partial charge in [0, 0.05) is 24.4 Å². The van der Waals surface area contributed by atoms with Gasteiger partial charge in [0.05, 0.1) is 31.9 Å². The Morgan fingerprint density at radius 2 is 1.22 bits per heavy atom. The largest absolute Gasteiger partial charge is 0.493 e. The highest BCUT2D eigenvalue weighted by Crippen LogP contribution is 2.33. The third-order valence-electron chi connectivity index (χ3n) is 6.65. The van der Waals surface area contributed by atoms with Crippen molar-refractivity contribution < 1.29 is 28.5 Å². The average Bonchev–Trinajstić information content (AvgIpc) is 2.95. The Morgan fingerprint density at radius 1 is 0.756 bits per heavy atom. The van der Waals surface area contributed by atoms with E-state index in [-0.39, 0.29) is 35.8 Å². The number of carbonyl (C=O) groups excluding carboxylic acids is 2. The normalized spacial score (nSPS) is 13.1. The molecule has 2 aromatic carbocycles. The summed E-state index contributed by atoms with van der Waals surface area (Å²) in [6.45, 7) is 8.63. The molecule has 228 valence electrons. The Bertz CT molecular complexity index is 1060. The van der Waals surface area contributed by atoms with Gasteiger partial charge in [-0.1, -0.05) is 45.0 Å². The predicted octanol–water partition coefficient (Wildman–Crippen LogP) is 5.00. The van der Waals surface area contributed by atoms with Crippen LogP contribution in [0, 0.1) is 5.92 Å². The second-order valence-electron chi connectivity index (χ2n) is 11.5. The summed E-state index contributed by atoms with van der Waals surface area (Å²) >= 11 is 5.99. The molecule has 0 radical (unpaired) electrons. The molecular weight excluding hydrogens is 544 g/mol. The molecule has 0 bridgehead atoms. The fourth-order valence-electron chi connectivity index (χ4n) is 3.87. The van der Waals surface area contributed by atoms with Crippen LogP contribution in [0.3, 0.4) is 0 Å². The lowest BCUT2D eigenvalue weighted by Gasteiger charge is -2.26. The fraction of sp³-hybridized carbons (Fsp3) is 0.562.